The molecule has 88 valence electrons. The van der Waals surface area contributed by atoms with Crippen molar-refractivity contribution in [1.82, 2.24) is 0 Å². The second kappa shape index (κ2) is 5.89. The molecule has 0 radical (unpaired) electrons. The third-order valence-corrected chi connectivity index (χ3v) is 2.27. The second-order valence-corrected chi connectivity index (χ2v) is 3.60. The van der Waals surface area contributed by atoms with Crippen molar-refractivity contribution in [3.8, 4) is 5.75 Å². The fourth-order valence-corrected chi connectivity index (χ4v) is 1.48. The molecule has 2 rings (SSSR count). The number of para-hydroxylation sites is 1. The highest BCUT2D eigenvalue weighted by molar-refractivity contribution is 5.42. The lowest BCUT2D eigenvalue weighted by atomic mass is 10.3. The highest BCUT2D eigenvalue weighted by Crippen LogP contribution is 2.11. The van der Waals surface area contributed by atoms with Crippen molar-refractivity contribution in [3.63, 3.8) is 0 Å². The zero-order valence-corrected chi connectivity index (χ0v) is 9.40. The fourth-order valence-electron chi connectivity index (χ4n) is 1.48. The van der Waals surface area contributed by atoms with E-state index in [0.29, 0.717) is 18.9 Å². The molecule has 0 aliphatic heterocycles. The minimum absolute atomic E-state index is 0.279. The van der Waals surface area contributed by atoms with Crippen LogP contribution in [0, 0.1) is 5.82 Å². The van der Waals surface area contributed by atoms with Crippen LogP contribution in [-0.2, 0) is 0 Å². The fraction of sp³-hybridized carbons (Fsp3) is 0.143. The van der Waals surface area contributed by atoms with Gasteiger partial charge in [0, 0.05) is 18.3 Å². The van der Waals surface area contributed by atoms with E-state index >= 15 is 0 Å². The van der Waals surface area contributed by atoms with Crippen LogP contribution in [0.2, 0.25) is 0 Å². The van der Waals surface area contributed by atoms with E-state index in [1.54, 1.807) is 12.1 Å². The number of rotatable bonds is 5. The Morgan fingerprint density at radius 2 is 1.82 bits per heavy atom. The zero-order chi connectivity index (χ0) is 11.9. The smallest absolute Gasteiger partial charge is 0.126 e. The molecule has 0 aliphatic carbocycles. The number of ether oxygens (including phenoxy) is 1. The number of nitrogens with one attached hydrogen (secondary N) is 1. The molecule has 0 saturated carbocycles. The summed E-state index contributed by atoms with van der Waals surface area (Å²) < 4.78 is 18.3. The first-order valence-corrected chi connectivity index (χ1v) is 5.52. The molecule has 0 atom stereocenters. The molecule has 1 N–H and O–H groups in total. The molecule has 2 aromatic rings. The molecule has 0 spiro atoms. The van der Waals surface area contributed by atoms with E-state index in [1.165, 1.54) is 12.1 Å². The largest absolute Gasteiger partial charge is 0.492 e. The summed E-state index contributed by atoms with van der Waals surface area (Å²) in [4.78, 5) is 0. The van der Waals surface area contributed by atoms with E-state index in [4.69, 9.17) is 4.74 Å². The van der Waals surface area contributed by atoms with Gasteiger partial charge in [0.15, 0.2) is 0 Å². The summed E-state index contributed by atoms with van der Waals surface area (Å²) in [5.74, 6) is 0.276. The minimum atomic E-state index is -0.279. The van der Waals surface area contributed by atoms with Crippen molar-refractivity contribution in [2.75, 3.05) is 18.5 Å². The molecule has 0 bridgehead atoms. The molecule has 2 nitrogen and oxygen atoms in total. The number of hydrogen-bond acceptors (Lipinski definition) is 2. The monoisotopic (exact) mass is 231 g/mol. The van der Waals surface area contributed by atoms with Gasteiger partial charge in [0.05, 0.1) is 0 Å². The highest BCUT2D eigenvalue weighted by atomic mass is 19.1. The summed E-state index contributed by atoms with van der Waals surface area (Å²) in [5, 5.41) is 3.21. The minimum Gasteiger partial charge on any atom is -0.492 e. The Balaban J connectivity index is 1.73. The summed E-state index contributed by atoms with van der Waals surface area (Å²) in [7, 11) is 0. The first-order valence-electron chi connectivity index (χ1n) is 5.52. The average molecular weight is 231 g/mol. The van der Waals surface area contributed by atoms with Crippen molar-refractivity contribution in [2.24, 2.45) is 0 Å². The number of benzene rings is 2. The van der Waals surface area contributed by atoms with Crippen molar-refractivity contribution >= 4 is 5.69 Å². The standard InChI is InChI=1S/C14H14FNO/c15-12-5-4-8-14(11-12)17-10-9-16-13-6-2-1-3-7-13/h1-8,11,16H,9-10H2. The summed E-state index contributed by atoms with van der Waals surface area (Å²) >= 11 is 0. The van der Waals surface area contributed by atoms with Gasteiger partial charge in [-0.3, -0.25) is 0 Å². The van der Waals surface area contributed by atoms with E-state index < -0.39 is 0 Å². The predicted molar refractivity (Wildman–Crippen MR) is 66.8 cm³/mol. The van der Waals surface area contributed by atoms with Gasteiger partial charge in [0.25, 0.3) is 0 Å². The van der Waals surface area contributed by atoms with Crippen molar-refractivity contribution in [2.45, 2.75) is 0 Å². The lowest BCUT2D eigenvalue weighted by Crippen LogP contribution is -2.11. The Bertz CT molecular complexity index is 459. The van der Waals surface area contributed by atoms with Crippen LogP contribution in [0.25, 0.3) is 0 Å². The maximum Gasteiger partial charge on any atom is 0.126 e. The molecule has 2 aromatic carbocycles. The molecule has 0 unspecified atom stereocenters. The lowest BCUT2D eigenvalue weighted by molar-refractivity contribution is 0.331. The maximum atomic E-state index is 12.8. The SMILES string of the molecule is Fc1cccc(OCCNc2ccccc2)c1. The Morgan fingerprint density at radius 3 is 2.59 bits per heavy atom. The molecule has 3 heteroatoms. The van der Waals surface area contributed by atoms with Gasteiger partial charge in [-0.05, 0) is 24.3 Å². The van der Waals surface area contributed by atoms with Crippen LogP contribution in [0.5, 0.6) is 5.75 Å². The second-order valence-electron chi connectivity index (χ2n) is 3.60. The number of halogens is 1. The van der Waals surface area contributed by atoms with Crippen LogP contribution in [0.4, 0.5) is 10.1 Å². The normalized spacial score (nSPS) is 9.94. The zero-order valence-electron chi connectivity index (χ0n) is 9.40. The molecule has 0 saturated heterocycles. The van der Waals surface area contributed by atoms with Gasteiger partial charge in [-0.25, -0.2) is 4.39 Å². The van der Waals surface area contributed by atoms with E-state index in [-0.39, 0.29) is 5.82 Å². The van der Waals surface area contributed by atoms with Crippen LogP contribution in [0.3, 0.4) is 0 Å². The van der Waals surface area contributed by atoms with Crippen LogP contribution in [-0.4, -0.2) is 13.2 Å². The van der Waals surface area contributed by atoms with Gasteiger partial charge >= 0.3 is 0 Å². The third kappa shape index (κ3) is 3.79. The van der Waals surface area contributed by atoms with Crippen LogP contribution >= 0.6 is 0 Å². The molecule has 17 heavy (non-hydrogen) atoms. The molecule has 0 heterocycles. The van der Waals surface area contributed by atoms with Gasteiger partial charge in [-0.1, -0.05) is 24.3 Å². The maximum absolute atomic E-state index is 12.8. The Hall–Kier alpha value is -2.03. The van der Waals surface area contributed by atoms with Crippen LogP contribution in [0.1, 0.15) is 0 Å². The van der Waals surface area contributed by atoms with Gasteiger partial charge in [0.1, 0.15) is 18.2 Å². The van der Waals surface area contributed by atoms with Gasteiger partial charge in [-0.2, -0.15) is 0 Å². The first-order chi connectivity index (χ1) is 8.34. The molecule has 0 amide bonds. The van der Waals surface area contributed by atoms with E-state index in [1.807, 2.05) is 30.3 Å². The quantitative estimate of drug-likeness (QED) is 0.797. The summed E-state index contributed by atoms with van der Waals surface area (Å²) in [6.07, 6.45) is 0. The van der Waals surface area contributed by atoms with Crippen molar-refractivity contribution in [1.29, 1.82) is 0 Å². The van der Waals surface area contributed by atoms with E-state index in [0.717, 1.165) is 5.69 Å². The topological polar surface area (TPSA) is 21.3 Å². The summed E-state index contributed by atoms with van der Waals surface area (Å²) in [6.45, 7) is 1.18. The lowest BCUT2D eigenvalue weighted by Gasteiger charge is -2.08. The first kappa shape index (κ1) is 11.5. The van der Waals surface area contributed by atoms with Crippen molar-refractivity contribution < 1.29 is 9.13 Å². The molecular formula is C14H14FNO. The van der Waals surface area contributed by atoms with Crippen molar-refractivity contribution in [3.05, 3.63) is 60.4 Å². The highest BCUT2D eigenvalue weighted by Gasteiger charge is 1.95. The summed E-state index contributed by atoms with van der Waals surface area (Å²) in [6, 6.07) is 16.0. The van der Waals surface area contributed by atoms with Crippen LogP contribution < -0.4 is 10.1 Å². The van der Waals surface area contributed by atoms with Crippen LogP contribution in [0.15, 0.2) is 54.6 Å². The molecule has 0 aromatic heterocycles. The Morgan fingerprint density at radius 1 is 1.00 bits per heavy atom. The van der Waals surface area contributed by atoms with Gasteiger partial charge < -0.3 is 10.1 Å². The van der Waals surface area contributed by atoms with E-state index in [9.17, 15) is 4.39 Å². The average Bonchev–Trinajstić information content (AvgIpc) is 2.36. The van der Waals surface area contributed by atoms with Gasteiger partial charge in [-0.15, -0.1) is 0 Å². The third-order valence-electron chi connectivity index (χ3n) is 2.27. The Labute approximate surface area is 100 Å². The molecule has 0 aliphatic rings. The number of anilines is 1. The predicted octanol–water partition coefficient (Wildman–Crippen LogP) is 3.32. The Kier molecular flexibility index (Phi) is 3.97. The summed E-state index contributed by atoms with van der Waals surface area (Å²) in [5.41, 5.74) is 1.05. The molecular weight excluding hydrogens is 217 g/mol. The van der Waals surface area contributed by atoms with Gasteiger partial charge in [0.2, 0.25) is 0 Å². The molecule has 0 fully saturated rings. The number of hydrogen-bond donors (Lipinski definition) is 1. The van der Waals surface area contributed by atoms with E-state index in [2.05, 4.69) is 5.32 Å².